The highest BCUT2D eigenvalue weighted by Gasteiger charge is 2.18. The van der Waals surface area contributed by atoms with E-state index >= 15 is 0 Å². The van der Waals surface area contributed by atoms with Gasteiger partial charge in [0.25, 0.3) is 0 Å². The smallest absolute Gasteiger partial charge is 0.320 e. The second-order valence-corrected chi connectivity index (χ2v) is 5.73. The van der Waals surface area contributed by atoms with Crippen LogP contribution in [0.4, 0.5) is 0 Å². The van der Waals surface area contributed by atoms with Crippen LogP contribution < -0.4 is 14.8 Å². The van der Waals surface area contributed by atoms with E-state index in [-0.39, 0.29) is 0 Å². The van der Waals surface area contributed by atoms with Gasteiger partial charge in [-0.15, -0.1) is 0 Å². The molecule has 1 unspecified atom stereocenters. The number of nitrogens with one attached hydrogen (secondary N) is 1. The Bertz CT molecular complexity index is 487. The van der Waals surface area contributed by atoms with Crippen LogP contribution in [0.2, 0.25) is 0 Å². The first kappa shape index (κ1) is 15.6. The van der Waals surface area contributed by atoms with Crippen LogP contribution in [-0.4, -0.2) is 30.3 Å². The number of fused-ring (bicyclic) bond motifs is 1. The van der Waals surface area contributed by atoms with E-state index in [4.69, 9.17) is 9.47 Å². The monoisotopic (exact) mass is 293 g/mol. The van der Waals surface area contributed by atoms with Crippen LogP contribution in [0.3, 0.4) is 0 Å². The van der Waals surface area contributed by atoms with Gasteiger partial charge in [-0.2, -0.15) is 0 Å². The summed E-state index contributed by atoms with van der Waals surface area (Å²) in [5.74, 6) is 1.02. The molecule has 116 valence electrons. The molecular weight excluding hydrogens is 270 g/mol. The Balaban J connectivity index is 1.99. The van der Waals surface area contributed by atoms with Gasteiger partial charge in [-0.25, -0.2) is 0 Å². The van der Waals surface area contributed by atoms with E-state index < -0.39 is 12.0 Å². The lowest BCUT2D eigenvalue weighted by Gasteiger charge is -2.17. The molecule has 2 N–H and O–H groups in total. The van der Waals surface area contributed by atoms with Crippen molar-refractivity contribution in [2.45, 2.75) is 39.3 Å². The minimum atomic E-state index is -0.807. The topological polar surface area (TPSA) is 67.8 Å². The van der Waals surface area contributed by atoms with Crippen molar-refractivity contribution in [2.75, 3.05) is 13.2 Å². The number of hydrogen-bond donors (Lipinski definition) is 2. The second kappa shape index (κ2) is 7.31. The molecule has 0 fully saturated rings. The molecule has 0 aliphatic carbocycles. The standard InChI is InChI=1S/C16H23NO4/c1-11(2)8-13(16(18)19)17-10-12-4-5-14-15(9-12)21-7-3-6-20-14/h4-5,9,11,13,17H,3,6-8,10H2,1-2H3,(H,18,19). The van der Waals surface area contributed by atoms with Gasteiger partial charge in [0.2, 0.25) is 0 Å². The number of rotatable bonds is 6. The van der Waals surface area contributed by atoms with Crippen LogP contribution in [0.5, 0.6) is 11.5 Å². The van der Waals surface area contributed by atoms with Crippen molar-refractivity contribution in [3.63, 3.8) is 0 Å². The normalized spacial score (nSPS) is 15.6. The van der Waals surface area contributed by atoms with Crippen molar-refractivity contribution in [3.05, 3.63) is 23.8 Å². The molecule has 1 aromatic rings. The summed E-state index contributed by atoms with van der Waals surface area (Å²) in [6.07, 6.45) is 1.48. The Morgan fingerprint density at radius 2 is 2.00 bits per heavy atom. The summed E-state index contributed by atoms with van der Waals surface area (Å²) in [5.41, 5.74) is 0.995. The Kier molecular flexibility index (Phi) is 5.44. The minimum absolute atomic E-state index is 0.336. The summed E-state index contributed by atoms with van der Waals surface area (Å²) in [5, 5.41) is 12.3. The number of carboxylic acids is 1. The number of carboxylic acid groups (broad SMARTS) is 1. The Hall–Kier alpha value is -1.75. The molecule has 0 spiro atoms. The summed E-state index contributed by atoms with van der Waals surface area (Å²) in [6, 6.07) is 5.22. The average Bonchev–Trinajstić information content (AvgIpc) is 2.67. The highest BCUT2D eigenvalue weighted by Crippen LogP contribution is 2.30. The number of carbonyl (C=O) groups is 1. The molecular formula is C16H23NO4. The maximum Gasteiger partial charge on any atom is 0.320 e. The van der Waals surface area contributed by atoms with Crippen molar-refractivity contribution in [1.82, 2.24) is 5.32 Å². The van der Waals surface area contributed by atoms with Gasteiger partial charge < -0.3 is 19.9 Å². The summed E-state index contributed by atoms with van der Waals surface area (Å²) < 4.78 is 11.2. The largest absolute Gasteiger partial charge is 0.490 e. The van der Waals surface area contributed by atoms with Crippen LogP contribution in [-0.2, 0) is 11.3 Å². The molecule has 5 nitrogen and oxygen atoms in total. The molecule has 1 aliphatic heterocycles. The molecule has 0 saturated carbocycles. The first-order chi connectivity index (χ1) is 10.1. The van der Waals surface area contributed by atoms with Crippen LogP contribution in [0.15, 0.2) is 18.2 Å². The lowest BCUT2D eigenvalue weighted by molar-refractivity contribution is -0.140. The summed E-state index contributed by atoms with van der Waals surface area (Å²) in [4.78, 5) is 11.2. The fourth-order valence-corrected chi connectivity index (χ4v) is 2.30. The predicted octanol–water partition coefficient (Wildman–Crippen LogP) is 2.44. The molecule has 2 rings (SSSR count). The molecule has 0 saturated heterocycles. The van der Waals surface area contributed by atoms with Crippen LogP contribution in [0.25, 0.3) is 0 Å². The third-order valence-electron chi connectivity index (χ3n) is 3.37. The Morgan fingerprint density at radius 3 is 2.67 bits per heavy atom. The van der Waals surface area contributed by atoms with Gasteiger partial charge in [-0.05, 0) is 30.0 Å². The van der Waals surface area contributed by atoms with E-state index in [0.29, 0.717) is 32.1 Å². The zero-order valence-corrected chi connectivity index (χ0v) is 12.6. The van der Waals surface area contributed by atoms with Crippen molar-refractivity contribution in [3.8, 4) is 11.5 Å². The molecule has 21 heavy (non-hydrogen) atoms. The lowest BCUT2D eigenvalue weighted by atomic mass is 10.0. The van der Waals surface area contributed by atoms with Gasteiger partial charge in [0.1, 0.15) is 6.04 Å². The molecule has 1 atom stereocenters. The van der Waals surface area contributed by atoms with E-state index in [1.165, 1.54) is 0 Å². The molecule has 5 heteroatoms. The minimum Gasteiger partial charge on any atom is -0.490 e. The zero-order valence-electron chi connectivity index (χ0n) is 12.6. The summed E-state index contributed by atoms with van der Waals surface area (Å²) in [6.45, 7) is 5.85. The molecule has 0 aromatic heterocycles. The molecule has 1 aliphatic rings. The fraction of sp³-hybridized carbons (Fsp3) is 0.562. The first-order valence-corrected chi connectivity index (χ1v) is 7.41. The van der Waals surface area contributed by atoms with Gasteiger partial charge >= 0.3 is 5.97 Å². The van der Waals surface area contributed by atoms with E-state index in [2.05, 4.69) is 5.32 Å². The van der Waals surface area contributed by atoms with Gasteiger partial charge in [-0.3, -0.25) is 4.79 Å². The lowest BCUT2D eigenvalue weighted by Crippen LogP contribution is -2.37. The Morgan fingerprint density at radius 1 is 1.29 bits per heavy atom. The average molecular weight is 293 g/mol. The molecule has 0 radical (unpaired) electrons. The molecule has 1 heterocycles. The molecule has 1 aromatic carbocycles. The van der Waals surface area contributed by atoms with Crippen molar-refractivity contribution in [2.24, 2.45) is 5.92 Å². The van der Waals surface area contributed by atoms with Gasteiger partial charge in [0.05, 0.1) is 13.2 Å². The zero-order chi connectivity index (χ0) is 15.2. The Labute approximate surface area is 125 Å². The maximum atomic E-state index is 11.2. The number of ether oxygens (including phenoxy) is 2. The van der Waals surface area contributed by atoms with Gasteiger partial charge in [-0.1, -0.05) is 19.9 Å². The van der Waals surface area contributed by atoms with Gasteiger partial charge in [0, 0.05) is 13.0 Å². The van der Waals surface area contributed by atoms with Crippen LogP contribution in [0.1, 0.15) is 32.3 Å². The van der Waals surface area contributed by atoms with Crippen LogP contribution in [0, 0.1) is 5.92 Å². The van der Waals surface area contributed by atoms with E-state index in [9.17, 15) is 9.90 Å². The second-order valence-electron chi connectivity index (χ2n) is 5.73. The highest BCUT2D eigenvalue weighted by molar-refractivity contribution is 5.73. The van der Waals surface area contributed by atoms with E-state index in [1.807, 2.05) is 32.0 Å². The number of hydrogen-bond acceptors (Lipinski definition) is 4. The van der Waals surface area contributed by atoms with Gasteiger partial charge in [0.15, 0.2) is 11.5 Å². The molecule has 0 bridgehead atoms. The van der Waals surface area contributed by atoms with Crippen molar-refractivity contribution >= 4 is 5.97 Å². The maximum absolute atomic E-state index is 11.2. The third kappa shape index (κ3) is 4.63. The van der Waals surface area contributed by atoms with Crippen molar-refractivity contribution in [1.29, 1.82) is 0 Å². The first-order valence-electron chi connectivity index (χ1n) is 7.41. The summed E-state index contributed by atoms with van der Waals surface area (Å²) >= 11 is 0. The molecule has 0 amide bonds. The van der Waals surface area contributed by atoms with Crippen molar-refractivity contribution < 1.29 is 19.4 Å². The number of aliphatic carboxylic acids is 1. The predicted molar refractivity (Wildman–Crippen MR) is 79.8 cm³/mol. The third-order valence-corrected chi connectivity index (χ3v) is 3.37. The number of benzene rings is 1. The fourth-order valence-electron chi connectivity index (χ4n) is 2.30. The van der Waals surface area contributed by atoms with Crippen LogP contribution >= 0.6 is 0 Å². The van der Waals surface area contributed by atoms with E-state index in [1.54, 1.807) is 0 Å². The quantitative estimate of drug-likeness (QED) is 0.843. The highest BCUT2D eigenvalue weighted by atomic mass is 16.5. The van der Waals surface area contributed by atoms with E-state index in [0.717, 1.165) is 23.5 Å². The SMILES string of the molecule is CC(C)CC(NCc1ccc2c(c1)OCCCO2)C(=O)O. The summed E-state index contributed by atoms with van der Waals surface area (Å²) in [7, 11) is 0.